The Labute approximate surface area is 186 Å². The van der Waals surface area contributed by atoms with Crippen LogP contribution in [-0.2, 0) is 15.9 Å². The normalized spacial score (nSPS) is 16.8. The zero-order chi connectivity index (χ0) is 20.3. The number of fused-ring (bicyclic) bond motifs is 3. The van der Waals surface area contributed by atoms with Crippen LogP contribution in [-0.4, -0.2) is 36.1 Å². The first-order chi connectivity index (χ1) is 14.8. The molecule has 1 unspecified atom stereocenters. The van der Waals surface area contributed by atoms with E-state index >= 15 is 0 Å². The van der Waals surface area contributed by atoms with Crippen molar-refractivity contribution in [3.05, 3.63) is 77.9 Å². The van der Waals surface area contributed by atoms with E-state index in [0.29, 0.717) is 24.2 Å². The van der Waals surface area contributed by atoms with Crippen LogP contribution < -0.4 is 4.74 Å². The van der Waals surface area contributed by atoms with Crippen molar-refractivity contribution in [2.75, 3.05) is 25.6 Å². The Kier molecular flexibility index (Phi) is 5.75. The fourth-order valence-electron chi connectivity index (χ4n) is 4.04. The molecule has 3 nitrogen and oxygen atoms in total. The van der Waals surface area contributed by atoms with Crippen molar-refractivity contribution in [2.24, 2.45) is 0 Å². The molecule has 0 N–H and O–H groups in total. The Morgan fingerprint density at radius 1 is 0.900 bits per heavy atom. The van der Waals surface area contributed by atoms with Crippen LogP contribution in [0.2, 0.25) is 0 Å². The molecule has 0 radical (unpaired) electrons. The summed E-state index contributed by atoms with van der Waals surface area (Å²) in [5, 5.41) is 0. The third kappa shape index (κ3) is 4.10. The van der Waals surface area contributed by atoms with Crippen LogP contribution in [0.3, 0.4) is 0 Å². The first-order valence-electron chi connectivity index (χ1n) is 10.1. The van der Waals surface area contributed by atoms with Crippen LogP contribution in [0.5, 0.6) is 5.75 Å². The van der Waals surface area contributed by atoms with Gasteiger partial charge in [-0.3, -0.25) is 0 Å². The quantitative estimate of drug-likeness (QED) is 0.273. The van der Waals surface area contributed by atoms with Crippen molar-refractivity contribution in [1.29, 1.82) is 0 Å². The monoisotopic (exact) mass is 434 g/mol. The molecule has 1 heterocycles. The summed E-state index contributed by atoms with van der Waals surface area (Å²) in [6, 6.07) is 23.6. The predicted molar refractivity (Wildman–Crippen MR) is 126 cm³/mol. The highest BCUT2D eigenvalue weighted by molar-refractivity contribution is 8.22. The number of hydrogen-bond donors (Lipinski definition) is 0. The van der Waals surface area contributed by atoms with Gasteiger partial charge in [0.1, 0.15) is 18.5 Å². The van der Waals surface area contributed by atoms with Crippen LogP contribution in [0.25, 0.3) is 22.3 Å². The minimum Gasteiger partial charge on any atom is -0.491 e. The SMILES string of the molecule is S=C1OC(COCCOc2ccc(-c3cccc4c3Cc3ccccc3-4)cc2)CS1. The molecular weight excluding hydrogens is 412 g/mol. The number of thiocarbonyl (C=S) groups is 1. The highest BCUT2D eigenvalue weighted by Gasteiger charge is 2.22. The first-order valence-corrected chi connectivity index (χ1v) is 11.5. The molecule has 0 bridgehead atoms. The fourth-order valence-corrected chi connectivity index (χ4v) is 5.07. The number of ether oxygens (including phenoxy) is 3. The highest BCUT2D eigenvalue weighted by atomic mass is 32.2. The van der Waals surface area contributed by atoms with Gasteiger partial charge < -0.3 is 14.2 Å². The van der Waals surface area contributed by atoms with E-state index in [1.165, 1.54) is 33.4 Å². The molecule has 5 rings (SSSR count). The molecule has 1 atom stereocenters. The van der Waals surface area contributed by atoms with E-state index in [1.54, 1.807) is 11.8 Å². The van der Waals surface area contributed by atoms with E-state index in [-0.39, 0.29) is 6.10 Å². The lowest BCUT2D eigenvalue weighted by Crippen LogP contribution is -2.19. The van der Waals surface area contributed by atoms with Crippen LogP contribution in [0.15, 0.2) is 66.7 Å². The Morgan fingerprint density at radius 3 is 2.53 bits per heavy atom. The summed E-state index contributed by atoms with van der Waals surface area (Å²) in [7, 11) is 0. The lowest BCUT2D eigenvalue weighted by Gasteiger charge is -2.12. The second kappa shape index (κ2) is 8.80. The summed E-state index contributed by atoms with van der Waals surface area (Å²) in [5.41, 5.74) is 8.04. The van der Waals surface area contributed by atoms with Crippen LogP contribution in [0, 0.1) is 0 Å². The van der Waals surface area contributed by atoms with Gasteiger partial charge >= 0.3 is 0 Å². The topological polar surface area (TPSA) is 27.7 Å². The second-order valence-corrected chi connectivity index (χ2v) is 9.04. The zero-order valence-corrected chi connectivity index (χ0v) is 18.1. The maximum Gasteiger partial charge on any atom is 0.220 e. The lowest BCUT2D eigenvalue weighted by molar-refractivity contribution is 0.0460. The van der Waals surface area contributed by atoms with Gasteiger partial charge in [0.25, 0.3) is 0 Å². The van der Waals surface area contributed by atoms with E-state index < -0.39 is 0 Å². The Balaban J connectivity index is 1.19. The van der Waals surface area contributed by atoms with Crippen molar-refractivity contribution < 1.29 is 14.2 Å². The number of thioether (sulfide) groups is 1. The van der Waals surface area contributed by atoms with E-state index in [9.17, 15) is 0 Å². The average molecular weight is 435 g/mol. The van der Waals surface area contributed by atoms with Crippen molar-refractivity contribution in [2.45, 2.75) is 12.5 Å². The van der Waals surface area contributed by atoms with Gasteiger partial charge in [0.05, 0.1) is 13.2 Å². The molecule has 0 aromatic heterocycles. The maximum atomic E-state index is 5.83. The Hall–Kier alpha value is -2.34. The van der Waals surface area contributed by atoms with Gasteiger partial charge in [0, 0.05) is 5.75 Å². The van der Waals surface area contributed by atoms with Crippen LogP contribution in [0.4, 0.5) is 0 Å². The number of hydrogen-bond acceptors (Lipinski definition) is 5. The standard InChI is InChI=1S/C25H22O3S2/c29-25-28-20(16-30-25)15-26-12-13-27-19-10-8-17(9-11-19)21-6-3-7-23-22-5-2-1-4-18(22)14-24(21)23/h1-11,20H,12-16H2. The maximum absolute atomic E-state index is 5.83. The van der Waals surface area contributed by atoms with Crippen molar-refractivity contribution >= 4 is 28.4 Å². The molecule has 1 aliphatic carbocycles. The van der Waals surface area contributed by atoms with E-state index in [4.69, 9.17) is 26.4 Å². The van der Waals surface area contributed by atoms with Gasteiger partial charge in [-0.15, -0.1) is 0 Å². The van der Waals surface area contributed by atoms with E-state index in [2.05, 4.69) is 54.6 Å². The molecule has 1 fully saturated rings. The number of rotatable bonds is 7. The van der Waals surface area contributed by atoms with Gasteiger partial charge in [-0.1, -0.05) is 66.4 Å². The van der Waals surface area contributed by atoms with Crippen molar-refractivity contribution in [3.8, 4) is 28.0 Å². The summed E-state index contributed by atoms with van der Waals surface area (Å²) in [6.07, 6.45) is 1.06. The van der Waals surface area contributed by atoms with Gasteiger partial charge in [0.15, 0.2) is 0 Å². The van der Waals surface area contributed by atoms with Crippen LogP contribution >= 0.6 is 24.0 Å². The Bertz CT molecular complexity index is 1060. The minimum atomic E-state index is 0.0699. The minimum absolute atomic E-state index is 0.0699. The molecule has 5 heteroatoms. The van der Waals surface area contributed by atoms with Gasteiger partial charge in [-0.05, 0) is 64.2 Å². The number of benzene rings is 3. The van der Waals surface area contributed by atoms with Gasteiger partial charge in [0.2, 0.25) is 4.38 Å². The van der Waals surface area contributed by atoms with E-state index in [1.807, 2.05) is 12.1 Å². The molecule has 152 valence electrons. The molecule has 1 aliphatic heterocycles. The summed E-state index contributed by atoms with van der Waals surface area (Å²) < 4.78 is 17.5. The molecule has 0 amide bonds. The smallest absolute Gasteiger partial charge is 0.220 e. The van der Waals surface area contributed by atoms with E-state index in [0.717, 1.165) is 17.9 Å². The fraction of sp³-hybridized carbons (Fsp3) is 0.240. The van der Waals surface area contributed by atoms with Crippen LogP contribution in [0.1, 0.15) is 11.1 Å². The van der Waals surface area contributed by atoms with Crippen molar-refractivity contribution in [3.63, 3.8) is 0 Å². The van der Waals surface area contributed by atoms with Gasteiger partial charge in [-0.2, -0.15) is 0 Å². The molecule has 3 aromatic rings. The third-order valence-electron chi connectivity index (χ3n) is 5.47. The van der Waals surface area contributed by atoms with Gasteiger partial charge in [-0.25, -0.2) is 0 Å². The molecule has 30 heavy (non-hydrogen) atoms. The molecule has 0 saturated carbocycles. The molecule has 0 spiro atoms. The molecule has 1 saturated heterocycles. The summed E-state index contributed by atoms with van der Waals surface area (Å²) in [6.45, 7) is 1.60. The largest absolute Gasteiger partial charge is 0.491 e. The molecular formula is C25H22O3S2. The predicted octanol–water partition coefficient (Wildman–Crippen LogP) is 5.74. The summed E-state index contributed by atoms with van der Waals surface area (Å²) in [5.74, 6) is 1.72. The second-order valence-electron chi connectivity index (χ2n) is 7.41. The summed E-state index contributed by atoms with van der Waals surface area (Å²) in [4.78, 5) is 0. The zero-order valence-electron chi connectivity index (χ0n) is 16.5. The highest BCUT2D eigenvalue weighted by Crippen LogP contribution is 2.41. The summed E-state index contributed by atoms with van der Waals surface area (Å²) >= 11 is 6.58. The molecule has 3 aromatic carbocycles. The Morgan fingerprint density at radius 2 is 1.70 bits per heavy atom. The lowest BCUT2D eigenvalue weighted by atomic mass is 9.96. The average Bonchev–Trinajstić information content (AvgIpc) is 3.37. The van der Waals surface area contributed by atoms with Crippen molar-refractivity contribution in [1.82, 2.24) is 0 Å². The first kappa shape index (κ1) is 19.6. The third-order valence-corrected chi connectivity index (χ3v) is 6.79. The molecule has 2 aliphatic rings.